The van der Waals surface area contributed by atoms with Gasteiger partial charge in [-0.2, -0.15) is 0 Å². The molecule has 5 nitrogen and oxygen atoms in total. The molecular weight excluding hydrogens is 421 g/mol. The number of nitrogens with zero attached hydrogens (tertiary/aromatic N) is 3. The third-order valence-corrected chi connectivity index (χ3v) is 5.52. The molecule has 0 bridgehead atoms. The van der Waals surface area contributed by atoms with E-state index in [-0.39, 0.29) is 24.0 Å². The molecule has 1 saturated carbocycles. The first-order valence-electron chi connectivity index (χ1n) is 8.22. The van der Waals surface area contributed by atoms with Crippen LogP contribution in [0.5, 0.6) is 0 Å². The number of guanidine groups is 1. The van der Waals surface area contributed by atoms with Crippen LogP contribution in [0.3, 0.4) is 0 Å². The summed E-state index contributed by atoms with van der Waals surface area (Å²) in [5, 5.41) is 9.96. The molecule has 1 aliphatic rings. The smallest absolute Gasteiger partial charge is 0.191 e. The van der Waals surface area contributed by atoms with Crippen LogP contribution >= 0.6 is 35.3 Å². The van der Waals surface area contributed by atoms with Gasteiger partial charge in [0, 0.05) is 32.6 Å². The molecule has 0 aliphatic heterocycles. The van der Waals surface area contributed by atoms with E-state index >= 15 is 0 Å². The summed E-state index contributed by atoms with van der Waals surface area (Å²) in [6.45, 7) is 6.92. The van der Waals surface area contributed by atoms with Gasteiger partial charge >= 0.3 is 0 Å². The summed E-state index contributed by atoms with van der Waals surface area (Å²) in [7, 11) is 4.03. The topological polar surface area (TPSA) is 52.6 Å². The highest BCUT2D eigenvalue weighted by molar-refractivity contribution is 14.0. The molecule has 2 N–H and O–H groups in total. The molecule has 0 radical (unpaired) electrons. The zero-order valence-electron chi connectivity index (χ0n) is 14.7. The highest BCUT2D eigenvalue weighted by Gasteiger charge is 2.34. The minimum absolute atomic E-state index is 0. The van der Waals surface area contributed by atoms with E-state index in [1.807, 2.05) is 19.0 Å². The first kappa shape index (κ1) is 20.5. The molecular formula is C16H30IN5S. The van der Waals surface area contributed by atoms with E-state index < -0.39 is 0 Å². The summed E-state index contributed by atoms with van der Waals surface area (Å²) in [6, 6.07) is 0. The predicted octanol–water partition coefficient (Wildman–Crippen LogP) is 3.46. The third kappa shape index (κ3) is 5.77. The van der Waals surface area contributed by atoms with Gasteiger partial charge in [0.05, 0.1) is 12.2 Å². The number of hydrogen-bond acceptors (Lipinski definition) is 4. The van der Waals surface area contributed by atoms with Crippen molar-refractivity contribution >= 4 is 46.4 Å². The molecule has 1 heterocycles. The Labute approximate surface area is 161 Å². The van der Waals surface area contributed by atoms with Crippen LogP contribution in [0.1, 0.15) is 45.2 Å². The van der Waals surface area contributed by atoms with Crippen LogP contribution in [0.15, 0.2) is 10.4 Å². The summed E-state index contributed by atoms with van der Waals surface area (Å²) in [5.41, 5.74) is 1.52. The molecule has 0 unspecified atom stereocenters. The van der Waals surface area contributed by atoms with Gasteiger partial charge in [-0.1, -0.05) is 13.3 Å². The molecule has 0 saturated heterocycles. The molecule has 1 fully saturated rings. The molecule has 7 heteroatoms. The Hall–Kier alpha value is -0.570. The number of aromatic nitrogens is 1. The average Bonchev–Trinajstić information content (AvgIpc) is 2.93. The molecule has 0 aromatic carbocycles. The van der Waals surface area contributed by atoms with E-state index in [0.29, 0.717) is 12.0 Å². The first-order chi connectivity index (χ1) is 10.6. The molecule has 0 atom stereocenters. The van der Waals surface area contributed by atoms with Gasteiger partial charge in [0.1, 0.15) is 0 Å². The zero-order chi connectivity index (χ0) is 16.0. The van der Waals surface area contributed by atoms with Crippen LogP contribution in [-0.2, 0) is 6.54 Å². The van der Waals surface area contributed by atoms with Crippen molar-refractivity contribution in [1.82, 2.24) is 15.6 Å². The Morgan fingerprint density at radius 3 is 2.57 bits per heavy atom. The number of rotatable bonds is 7. The number of anilines is 1. The van der Waals surface area contributed by atoms with Crippen molar-refractivity contribution in [3.63, 3.8) is 0 Å². The van der Waals surface area contributed by atoms with Crippen LogP contribution in [0.2, 0.25) is 0 Å². The van der Waals surface area contributed by atoms with Gasteiger partial charge in [-0.15, -0.1) is 35.3 Å². The third-order valence-electron chi connectivity index (χ3n) is 4.46. The maximum atomic E-state index is 4.67. The van der Waals surface area contributed by atoms with Gasteiger partial charge in [-0.05, 0) is 31.6 Å². The maximum absolute atomic E-state index is 4.67. The fourth-order valence-corrected chi connectivity index (χ4v) is 3.43. The largest absolute Gasteiger partial charge is 0.357 e. The van der Waals surface area contributed by atoms with Crippen LogP contribution in [-0.4, -0.2) is 38.1 Å². The van der Waals surface area contributed by atoms with Gasteiger partial charge < -0.3 is 15.5 Å². The van der Waals surface area contributed by atoms with Crippen molar-refractivity contribution in [3.05, 3.63) is 11.1 Å². The minimum atomic E-state index is 0. The van der Waals surface area contributed by atoms with Crippen molar-refractivity contribution < 1.29 is 0 Å². The number of aliphatic imine (C=N–C) groups is 1. The average molecular weight is 451 g/mol. The first-order valence-corrected chi connectivity index (χ1v) is 9.10. The van der Waals surface area contributed by atoms with E-state index in [9.17, 15) is 0 Å². The molecule has 1 aliphatic carbocycles. The minimum Gasteiger partial charge on any atom is -0.357 e. The number of thiazole rings is 1. The standard InChI is InChI=1S/C16H29N5S.HI/c1-5-16(8-7-9-16)12-19-14(17-6-2)18-10-13-11-22-15(20-13)21(3)4;/h11H,5-10,12H2,1-4H3,(H2,17,18,19);1H. The van der Waals surface area contributed by atoms with Gasteiger partial charge in [0.25, 0.3) is 0 Å². The van der Waals surface area contributed by atoms with Gasteiger partial charge in [0.2, 0.25) is 0 Å². The fourth-order valence-electron chi connectivity index (χ4n) is 2.68. The van der Waals surface area contributed by atoms with Crippen LogP contribution < -0.4 is 15.5 Å². The van der Waals surface area contributed by atoms with E-state index in [2.05, 4.69) is 39.8 Å². The van der Waals surface area contributed by atoms with E-state index in [1.54, 1.807) is 11.3 Å². The van der Waals surface area contributed by atoms with Gasteiger partial charge in [-0.25, -0.2) is 9.98 Å². The summed E-state index contributed by atoms with van der Waals surface area (Å²) in [4.78, 5) is 11.3. The van der Waals surface area contributed by atoms with Gasteiger partial charge in [-0.3, -0.25) is 0 Å². The van der Waals surface area contributed by atoms with Crippen molar-refractivity contribution in [1.29, 1.82) is 0 Å². The Bertz CT molecular complexity index is 491. The van der Waals surface area contributed by atoms with Crippen molar-refractivity contribution in [3.8, 4) is 0 Å². The second-order valence-corrected chi connectivity index (χ2v) is 7.11. The Kier molecular flexibility index (Phi) is 8.60. The lowest BCUT2D eigenvalue weighted by molar-refractivity contribution is 0.131. The monoisotopic (exact) mass is 451 g/mol. The van der Waals surface area contributed by atoms with E-state index in [1.165, 1.54) is 25.7 Å². The summed E-state index contributed by atoms with van der Waals surface area (Å²) in [6.07, 6.45) is 5.30. The van der Waals surface area contributed by atoms with Crippen molar-refractivity contribution in [2.24, 2.45) is 10.4 Å². The van der Waals surface area contributed by atoms with E-state index in [0.717, 1.165) is 29.9 Å². The fraction of sp³-hybridized carbons (Fsp3) is 0.750. The SMILES string of the molecule is CCNC(=NCc1csc(N(C)C)n1)NCC1(CC)CCC1.I. The normalized spacial score (nSPS) is 16.3. The molecule has 0 amide bonds. The van der Waals surface area contributed by atoms with Crippen LogP contribution in [0.25, 0.3) is 0 Å². The highest BCUT2D eigenvalue weighted by atomic mass is 127. The number of hydrogen-bond donors (Lipinski definition) is 2. The summed E-state index contributed by atoms with van der Waals surface area (Å²) < 4.78 is 0. The summed E-state index contributed by atoms with van der Waals surface area (Å²) >= 11 is 1.66. The lowest BCUT2D eigenvalue weighted by atomic mass is 9.67. The molecule has 1 aromatic rings. The molecule has 0 spiro atoms. The Morgan fingerprint density at radius 2 is 2.09 bits per heavy atom. The second-order valence-electron chi connectivity index (χ2n) is 6.27. The predicted molar refractivity (Wildman–Crippen MR) is 111 cm³/mol. The lowest BCUT2D eigenvalue weighted by Gasteiger charge is -2.41. The van der Waals surface area contributed by atoms with Crippen LogP contribution in [0, 0.1) is 5.41 Å². The van der Waals surface area contributed by atoms with Crippen molar-refractivity contribution in [2.75, 3.05) is 32.1 Å². The second kappa shape index (κ2) is 9.66. The quantitative estimate of drug-likeness (QED) is 0.379. The molecule has 1 aromatic heterocycles. The molecule has 23 heavy (non-hydrogen) atoms. The molecule has 2 rings (SSSR count). The highest BCUT2D eigenvalue weighted by Crippen LogP contribution is 2.42. The summed E-state index contributed by atoms with van der Waals surface area (Å²) in [5.74, 6) is 0.904. The van der Waals surface area contributed by atoms with Crippen LogP contribution in [0.4, 0.5) is 5.13 Å². The van der Waals surface area contributed by atoms with Gasteiger partial charge in [0.15, 0.2) is 11.1 Å². The molecule has 132 valence electrons. The number of nitrogens with one attached hydrogen (secondary N) is 2. The number of halogens is 1. The Balaban J connectivity index is 0.00000264. The van der Waals surface area contributed by atoms with E-state index in [4.69, 9.17) is 0 Å². The zero-order valence-corrected chi connectivity index (χ0v) is 17.8. The van der Waals surface area contributed by atoms with Crippen molar-refractivity contribution in [2.45, 2.75) is 46.1 Å². The Morgan fingerprint density at radius 1 is 1.35 bits per heavy atom. The lowest BCUT2D eigenvalue weighted by Crippen LogP contribution is -2.46. The maximum Gasteiger partial charge on any atom is 0.191 e.